The van der Waals surface area contributed by atoms with E-state index in [1.54, 1.807) is 22.8 Å². The molecule has 3 rings (SSSR count). The van der Waals surface area contributed by atoms with Gasteiger partial charge in [-0.05, 0) is 6.07 Å². The molecule has 19 heavy (non-hydrogen) atoms. The highest BCUT2D eigenvalue weighted by molar-refractivity contribution is 5.79. The summed E-state index contributed by atoms with van der Waals surface area (Å²) in [6, 6.07) is 7.26. The zero-order valence-electron chi connectivity index (χ0n) is 9.74. The Hall–Kier alpha value is -2.17. The fraction of sp³-hybridized carbons (Fsp3) is 0.143. The second-order valence-electron chi connectivity index (χ2n) is 4.46. The highest BCUT2D eigenvalue weighted by atomic mass is 19.4. The quantitative estimate of drug-likeness (QED) is 0.489. The summed E-state index contributed by atoms with van der Waals surface area (Å²) in [5, 5.41) is 0. The zero-order valence-corrected chi connectivity index (χ0v) is 9.74. The number of aromatic nitrogens is 1. The van der Waals surface area contributed by atoms with Crippen LogP contribution in [-0.4, -0.2) is 6.29 Å². The van der Waals surface area contributed by atoms with E-state index >= 15 is 0 Å². The molecule has 0 bridgehead atoms. The molecule has 0 saturated heterocycles. The summed E-state index contributed by atoms with van der Waals surface area (Å²) in [6.45, 7) is 0.530. The van der Waals surface area contributed by atoms with Crippen molar-refractivity contribution in [2.24, 2.45) is 0 Å². The molecule has 0 atom stereocenters. The molecular weight excluding hydrogens is 255 g/mol. The van der Waals surface area contributed by atoms with Crippen molar-refractivity contribution in [1.82, 2.24) is 0 Å². The maximum absolute atomic E-state index is 12.7. The number of carbonyl (C=O) groups is 1. The highest BCUT2D eigenvalue weighted by Crippen LogP contribution is 2.33. The third kappa shape index (κ3) is 1.91. The van der Waals surface area contributed by atoms with Gasteiger partial charge in [-0.2, -0.15) is 17.7 Å². The maximum Gasteiger partial charge on any atom is 0.416 e. The first-order chi connectivity index (χ1) is 8.99. The number of nitrogens with zero attached hydrogens (tertiary/aromatic N) is 1. The first-order valence-corrected chi connectivity index (χ1v) is 5.68. The van der Waals surface area contributed by atoms with E-state index < -0.39 is 11.7 Å². The Morgan fingerprint density at radius 1 is 1.16 bits per heavy atom. The summed E-state index contributed by atoms with van der Waals surface area (Å²) in [6.07, 6.45) is -2.24. The molecule has 0 N–H and O–H groups in total. The third-order valence-corrected chi connectivity index (χ3v) is 3.25. The van der Waals surface area contributed by atoms with Crippen molar-refractivity contribution >= 4 is 6.29 Å². The van der Waals surface area contributed by atoms with Crippen LogP contribution in [0.5, 0.6) is 0 Å². The standard InChI is InChI=1S/C14H9F3NO/c15-14(16,17)11-3-4-18-7-10-2-1-9(8-19)5-12(10)13(18)6-11/h1-6,8H,7H2/q+1. The average Bonchev–Trinajstić information content (AvgIpc) is 2.74. The van der Waals surface area contributed by atoms with Gasteiger partial charge in [0.15, 0.2) is 12.7 Å². The Labute approximate surface area is 107 Å². The largest absolute Gasteiger partial charge is 0.416 e. The number of carbonyl (C=O) groups excluding carboxylic acids is 1. The molecule has 2 heterocycles. The van der Waals surface area contributed by atoms with E-state index in [2.05, 4.69) is 0 Å². The average molecular weight is 264 g/mol. The normalized spacial score (nSPS) is 13.0. The van der Waals surface area contributed by atoms with Gasteiger partial charge in [0.05, 0.1) is 11.1 Å². The molecule has 0 fully saturated rings. The molecule has 0 saturated carbocycles. The van der Waals surface area contributed by atoms with Crippen LogP contribution in [0.1, 0.15) is 21.5 Å². The first kappa shape index (κ1) is 11.9. The first-order valence-electron chi connectivity index (χ1n) is 5.68. The predicted octanol–water partition coefficient (Wildman–Crippen LogP) is 2.83. The lowest BCUT2D eigenvalue weighted by atomic mass is 10.0. The van der Waals surface area contributed by atoms with Crippen molar-refractivity contribution in [1.29, 1.82) is 0 Å². The van der Waals surface area contributed by atoms with E-state index in [-0.39, 0.29) is 0 Å². The molecule has 5 heteroatoms. The Morgan fingerprint density at radius 2 is 1.95 bits per heavy atom. The monoisotopic (exact) mass is 264 g/mol. The Bertz CT molecular complexity index is 677. The van der Waals surface area contributed by atoms with Crippen molar-refractivity contribution in [3.05, 3.63) is 53.2 Å². The van der Waals surface area contributed by atoms with Gasteiger partial charge in [0.1, 0.15) is 6.29 Å². The van der Waals surface area contributed by atoms with Gasteiger partial charge in [-0.15, -0.1) is 0 Å². The lowest BCUT2D eigenvalue weighted by molar-refractivity contribution is -0.672. The molecule has 1 aliphatic rings. The van der Waals surface area contributed by atoms with Crippen molar-refractivity contribution in [3.63, 3.8) is 0 Å². The molecular formula is C14H9F3NO+. The topological polar surface area (TPSA) is 20.9 Å². The summed E-state index contributed by atoms with van der Waals surface area (Å²) in [5.74, 6) is 0. The maximum atomic E-state index is 12.7. The van der Waals surface area contributed by atoms with Crippen molar-refractivity contribution in [2.45, 2.75) is 12.7 Å². The fourth-order valence-corrected chi connectivity index (χ4v) is 2.30. The zero-order chi connectivity index (χ0) is 13.6. The molecule has 1 aromatic heterocycles. The number of hydrogen-bond donors (Lipinski definition) is 0. The van der Waals surface area contributed by atoms with Crippen LogP contribution < -0.4 is 4.57 Å². The van der Waals surface area contributed by atoms with Gasteiger partial charge in [0.2, 0.25) is 5.69 Å². The number of fused-ring (bicyclic) bond motifs is 3. The van der Waals surface area contributed by atoms with E-state index in [1.807, 2.05) is 0 Å². The second-order valence-corrected chi connectivity index (χ2v) is 4.46. The molecule has 2 aromatic rings. The minimum Gasteiger partial charge on any atom is -0.298 e. The summed E-state index contributed by atoms with van der Waals surface area (Å²) in [5.41, 5.74) is 1.89. The SMILES string of the molecule is O=Cc1ccc2c(c1)-c1cc(C(F)(F)F)cc[n+]1C2. The molecule has 0 unspecified atom stereocenters. The fourth-order valence-electron chi connectivity index (χ4n) is 2.30. The van der Waals surface area contributed by atoms with E-state index in [9.17, 15) is 18.0 Å². The van der Waals surface area contributed by atoms with Gasteiger partial charge in [0.25, 0.3) is 0 Å². The van der Waals surface area contributed by atoms with Crippen molar-refractivity contribution < 1.29 is 22.5 Å². The summed E-state index contributed by atoms with van der Waals surface area (Å²) < 4.78 is 39.9. The molecule has 0 aliphatic carbocycles. The van der Waals surface area contributed by atoms with Gasteiger partial charge in [-0.1, -0.05) is 12.1 Å². The number of halogens is 3. The Kier molecular flexibility index (Phi) is 2.45. The lowest BCUT2D eigenvalue weighted by Crippen LogP contribution is -2.32. The number of aldehydes is 1. The second kappa shape index (κ2) is 3.91. The minimum atomic E-state index is -4.36. The molecule has 1 aromatic carbocycles. The smallest absolute Gasteiger partial charge is 0.298 e. The van der Waals surface area contributed by atoms with Crippen LogP contribution in [0.4, 0.5) is 13.2 Å². The van der Waals surface area contributed by atoms with E-state index in [1.165, 1.54) is 6.20 Å². The van der Waals surface area contributed by atoms with Crippen LogP contribution in [0, 0.1) is 0 Å². The minimum absolute atomic E-state index is 0.463. The van der Waals surface area contributed by atoms with Gasteiger partial charge < -0.3 is 0 Å². The molecule has 0 amide bonds. The van der Waals surface area contributed by atoms with Gasteiger partial charge in [-0.3, -0.25) is 4.79 Å². The van der Waals surface area contributed by atoms with E-state index in [0.29, 0.717) is 29.7 Å². The van der Waals surface area contributed by atoms with Crippen LogP contribution in [0.3, 0.4) is 0 Å². The van der Waals surface area contributed by atoms with Gasteiger partial charge in [-0.25, -0.2) is 0 Å². The van der Waals surface area contributed by atoms with Gasteiger partial charge in [0, 0.05) is 23.3 Å². The molecule has 0 radical (unpaired) electrons. The number of benzene rings is 1. The molecule has 96 valence electrons. The lowest BCUT2D eigenvalue weighted by Gasteiger charge is -2.05. The van der Waals surface area contributed by atoms with Crippen LogP contribution >= 0.6 is 0 Å². The number of rotatable bonds is 1. The number of alkyl halides is 3. The summed E-state index contributed by atoms with van der Waals surface area (Å²) in [4.78, 5) is 10.8. The van der Waals surface area contributed by atoms with Crippen LogP contribution in [-0.2, 0) is 12.7 Å². The van der Waals surface area contributed by atoms with Crippen molar-refractivity contribution in [3.8, 4) is 11.3 Å². The Morgan fingerprint density at radius 3 is 2.63 bits per heavy atom. The van der Waals surface area contributed by atoms with E-state index in [0.717, 1.165) is 17.7 Å². The summed E-state index contributed by atoms with van der Waals surface area (Å²) in [7, 11) is 0. The summed E-state index contributed by atoms with van der Waals surface area (Å²) >= 11 is 0. The molecule has 1 aliphatic heterocycles. The molecule has 2 nitrogen and oxygen atoms in total. The number of pyridine rings is 1. The van der Waals surface area contributed by atoms with Crippen LogP contribution in [0.2, 0.25) is 0 Å². The van der Waals surface area contributed by atoms with Crippen LogP contribution in [0.15, 0.2) is 36.5 Å². The Balaban J connectivity index is 2.18. The van der Waals surface area contributed by atoms with E-state index in [4.69, 9.17) is 0 Å². The predicted molar refractivity (Wildman–Crippen MR) is 61.6 cm³/mol. The highest BCUT2D eigenvalue weighted by Gasteiger charge is 2.35. The molecule has 0 spiro atoms. The third-order valence-electron chi connectivity index (χ3n) is 3.25. The van der Waals surface area contributed by atoms with Crippen molar-refractivity contribution in [2.75, 3.05) is 0 Å². The van der Waals surface area contributed by atoms with Gasteiger partial charge >= 0.3 is 6.18 Å². The van der Waals surface area contributed by atoms with Crippen LogP contribution in [0.25, 0.3) is 11.3 Å². The number of hydrogen-bond acceptors (Lipinski definition) is 1.